The Morgan fingerprint density at radius 3 is 1.62 bits per heavy atom. The van der Waals surface area contributed by atoms with E-state index in [-0.39, 0.29) is 5.92 Å². The van der Waals surface area contributed by atoms with Crippen molar-refractivity contribution in [1.29, 1.82) is 0 Å². The van der Waals surface area contributed by atoms with Crippen LogP contribution in [0.3, 0.4) is 0 Å². The Labute approximate surface area is 378 Å². The highest BCUT2D eigenvalue weighted by molar-refractivity contribution is 6.34. The zero-order chi connectivity index (χ0) is 43.2. The van der Waals surface area contributed by atoms with Crippen LogP contribution in [0.25, 0.3) is 75.8 Å². The van der Waals surface area contributed by atoms with Crippen molar-refractivity contribution in [2.24, 2.45) is 0 Å². The Kier molecular flexibility index (Phi) is 8.55. The van der Waals surface area contributed by atoms with Gasteiger partial charge in [0.1, 0.15) is 0 Å². The van der Waals surface area contributed by atoms with Crippen LogP contribution >= 0.6 is 0 Å². The minimum absolute atomic E-state index is 0.158. The highest BCUT2D eigenvalue weighted by atomic mass is 15.1. The van der Waals surface area contributed by atoms with Crippen LogP contribution in [0, 0.1) is 13.8 Å². The molecule has 0 radical (unpaired) electrons. The Hall–Kier alpha value is -8.00. The van der Waals surface area contributed by atoms with Crippen LogP contribution in [-0.2, 0) is 0 Å². The zero-order valence-corrected chi connectivity index (χ0v) is 36.5. The molecular formula is C64H45N. The van der Waals surface area contributed by atoms with E-state index < -0.39 is 0 Å². The third kappa shape index (κ3) is 5.86. The predicted octanol–water partition coefficient (Wildman–Crippen LogP) is 15.7. The molecule has 0 aliphatic heterocycles. The molecule has 65 heavy (non-hydrogen) atoms. The summed E-state index contributed by atoms with van der Waals surface area (Å²) in [6.45, 7) is 4.43. The molecule has 306 valence electrons. The van der Waals surface area contributed by atoms with Crippen molar-refractivity contribution in [1.82, 2.24) is 0 Å². The lowest BCUT2D eigenvalue weighted by Gasteiger charge is -2.30. The molecule has 1 atom stereocenters. The van der Waals surface area contributed by atoms with E-state index in [9.17, 15) is 0 Å². The van der Waals surface area contributed by atoms with Crippen molar-refractivity contribution >= 4 is 92.8 Å². The van der Waals surface area contributed by atoms with E-state index in [1.807, 2.05) is 0 Å². The fraction of sp³-hybridized carbons (Fsp3) is 0.0625. The van der Waals surface area contributed by atoms with Gasteiger partial charge in [-0.3, -0.25) is 0 Å². The van der Waals surface area contributed by atoms with Gasteiger partial charge in [-0.15, -0.1) is 0 Å². The topological polar surface area (TPSA) is 3.24 Å². The number of nitrogens with zero attached hydrogens (tertiary/aromatic N) is 1. The molecule has 0 N–H and O–H groups in total. The number of fused-ring (bicyclic) bond motifs is 8. The number of benzene rings is 12. The smallest absolute Gasteiger partial charge is 0.0540 e. The number of hydrogen-bond acceptors (Lipinski definition) is 1. The van der Waals surface area contributed by atoms with E-state index in [0.29, 0.717) is 0 Å². The second kappa shape index (κ2) is 14.8. The van der Waals surface area contributed by atoms with Crippen molar-refractivity contribution in [3.8, 4) is 0 Å². The van der Waals surface area contributed by atoms with Gasteiger partial charge >= 0.3 is 0 Å². The SMILES string of the molecule is Cc1cc(C)cc(N(c2ccc3c4c(c5ccccc5c3c2)=C(c2ccccc2)CC(c2ccccc2)C=4c2ccccc2)c2ccc3c4cccc5cccc(c6cccc2c63)c54)c1. The van der Waals surface area contributed by atoms with Gasteiger partial charge in [-0.25, -0.2) is 0 Å². The molecule has 1 heteroatoms. The van der Waals surface area contributed by atoms with Gasteiger partial charge in [0, 0.05) is 22.7 Å². The average molecular weight is 828 g/mol. The van der Waals surface area contributed by atoms with E-state index in [1.165, 1.54) is 120 Å². The van der Waals surface area contributed by atoms with Gasteiger partial charge in [0.25, 0.3) is 0 Å². The maximum absolute atomic E-state index is 2.52. The Balaban J connectivity index is 1.17. The summed E-state index contributed by atoms with van der Waals surface area (Å²) in [4.78, 5) is 2.52. The zero-order valence-electron chi connectivity index (χ0n) is 36.5. The molecule has 0 bridgehead atoms. The monoisotopic (exact) mass is 827 g/mol. The van der Waals surface area contributed by atoms with Gasteiger partial charge in [-0.2, -0.15) is 0 Å². The Morgan fingerprint density at radius 1 is 0.369 bits per heavy atom. The first-order chi connectivity index (χ1) is 32.1. The fourth-order valence-electron chi connectivity index (χ4n) is 11.7. The van der Waals surface area contributed by atoms with Crippen LogP contribution in [0.4, 0.5) is 17.1 Å². The summed E-state index contributed by atoms with van der Waals surface area (Å²) in [5.74, 6) is 0.158. The molecule has 12 aromatic carbocycles. The largest absolute Gasteiger partial charge is 0.310 e. The molecular weight excluding hydrogens is 783 g/mol. The quantitative estimate of drug-likeness (QED) is 0.119. The van der Waals surface area contributed by atoms with Crippen LogP contribution in [0.5, 0.6) is 0 Å². The average Bonchev–Trinajstić information content (AvgIpc) is 3.36. The summed E-state index contributed by atoms with van der Waals surface area (Å²) in [6.07, 6.45) is 0.906. The highest BCUT2D eigenvalue weighted by Gasteiger charge is 2.29. The maximum atomic E-state index is 2.52. The normalized spacial score (nSPS) is 14.0. The van der Waals surface area contributed by atoms with Crippen LogP contribution in [0.15, 0.2) is 218 Å². The van der Waals surface area contributed by atoms with E-state index >= 15 is 0 Å². The lowest BCUT2D eigenvalue weighted by Crippen LogP contribution is -2.37. The number of hydrogen-bond donors (Lipinski definition) is 0. The minimum atomic E-state index is 0.158. The summed E-state index contributed by atoms with van der Waals surface area (Å²) in [5, 5.41) is 18.1. The van der Waals surface area contributed by atoms with Crippen molar-refractivity contribution in [2.45, 2.75) is 26.2 Å². The van der Waals surface area contributed by atoms with Crippen molar-refractivity contribution in [2.75, 3.05) is 4.90 Å². The third-order valence-electron chi connectivity index (χ3n) is 14.2. The lowest BCUT2D eigenvalue weighted by molar-refractivity contribution is 0.876. The molecule has 1 aliphatic rings. The molecule has 0 fully saturated rings. The molecule has 0 heterocycles. The van der Waals surface area contributed by atoms with Crippen molar-refractivity contribution in [3.63, 3.8) is 0 Å². The standard InChI is InChI=1S/C64H45N/c1-40-35-41(2)37-47(36-40)65(59-34-33-53-51-28-15-24-44-23-14-27-50(60(44)51)52-29-16-30-55(59)62(52)53)46-31-32-54-58(38-46)48-25-12-13-26-49(48)63-57(43-19-8-4-9-20-43)39-56(42-17-6-3-7-18-42)61(64(54)63)45-21-10-5-11-22-45/h3-38,56H,39H2,1-2H3. The Morgan fingerprint density at radius 2 is 0.908 bits per heavy atom. The fourth-order valence-corrected chi connectivity index (χ4v) is 11.7. The molecule has 0 saturated heterocycles. The molecule has 1 aliphatic carbocycles. The van der Waals surface area contributed by atoms with Crippen molar-refractivity contribution in [3.05, 3.63) is 257 Å². The highest BCUT2D eigenvalue weighted by Crippen LogP contribution is 2.47. The molecule has 0 spiro atoms. The van der Waals surface area contributed by atoms with Crippen molar-refractivity contribution < 1.29 is 0 Å². The maximum Gasteiger partial charge on any atom is 0.0540 e. The first kappa shape index (κ1) is 37.5. The third-order valence-corrected chi connectivity index (χ3v) is 14.2. The van der Waals surface area contributed by atoms with Crippen LogP contribution < -0.4 is 15.3 Å². The van der Waals surface area contributed by atoms with E-state index in [2.05, 4.69) is 237 Å². The molecule has 1 unspecified atom stereocenters. The van der Waals surface area contributed by atoms with Gasteiger partial charge in [-0.1, -0.05) is 188 Å². The van der Waals surface area contributed by atoms with Crippen LogP contribution in [-0.4, -0.2) is 0 Å². The van der Waals surface area contributed by atoms with E-state index in [0.717, 1.165) is 17.8 Å². The summed E-state index contributed by atoms with van der Waals surface area (Å²) < 4.78 is 0. The van der Waals surface area contributed by atoms with E-state index in [4.69, 9.17) is 0 Å². The summed E-state index contributed by atoms with van der Waals surface area (Å²) in [6, 6.07) is 82.0. The van der Waals surface area contributed by atoms with Gasteiger partial charge in [0.05, 0.1) is 5.69 Å². The summed E-state index contributed by atoms with van der Waals surface area (Å²) in [5.41, 5.74) is 12.6. The first-order valence-electron chi connectivity index (χ1n) is 22.9. The molecule has 0 aromatic heterocycles. The lowest BCUT2D eigenvalue weighted by atomic mass is 9.74. The van der Waals surface area contributed by atoms with Gasteiger partial charge in [0.2, 0.25) is 0 Å². The summed E-state index contributed by atoms with van der Waals surface area (Å²) >= 11 is 0. The molecule has 12 aromatic rings. The van der Waals surface area contributed by atoms with Gasteiger partial charge in [0.15, 0.2) is 0 Å². The van der Waals surface area contributed by atoms with Crippen LogP contribution in [0.1, 0.15) is 40.2 Å². The van der Waals surface area contributed by atoms with E-state index in [1.54, 1.807) is 0 Å². The Bertz CT molecular complexity index is 3910. The number of anilines is 3. The van der Waals surface area contributed by atoms with Crippen LogP contribution in [0.2, 0.25) is 0 Å². The second-order valence-electron chi connectivity index (χ2n) is 18.1. The molecule has 0 saturated carbocycles. The molecule has 13 rings (SSSR count). The minimum Gasteiger partial charge on any atom is -0.310 e. The number of rotatable bonds is 6. The predicted molar refractivity (Wildman–Crippen MR) is 278 cm³/mol. The van der Waals surface area contributed by atoms with Gasteiger partial charge < -0.3 is 4.90 Å². The van der Waals surface area contributed by atoms with Gasteiger partial charge in [-0.05, 0) is 159 Å². The molecule has 0 amide bonds. The second-order valence-corrected chi connectivity index (χ2v) is 18.1. The number of aryl methyl sites for hydroxylation is 2. The summed E-state index contributed by atoms with van der Waals surface area (Å²) in [7, 11) is 0. The first-order valence-corrected chi connectivity index (χ1v) is 22.9. The molecule has 1 nitrogen and oxygen atoms in total.